The topological polar surface area (TPSA) is 93.4 Å². The number of phenols is 1. The van der Waals surface area contributed by atoms with Crippen molar-refractivity contribution in [3.63, 3.8) is 0 Å². The summed E-state index contributed by atoms with van der Waals surface area (Å²) in [6.07, 6.45) is 0.332. The first-order valence-corrected chi connectivity index (χ1v) is 10.6. The maximum Gasteiger partial charge on any atom is 0.120 e. The zero-order valence-corrected chi connectivity index (χ0v) is 17.4. The number of hydrogen-bond donors (Lipinski definition) is 4. The van der Waals surface area contributed by atoms with Crippen molar-refractivity contribution in [2.45, 2.75) is 24.5 Å². The number of aliphatic hydroxyl groups is 3. The van der Waals surface area contributed by atoms with Crippen LogP contribution in [0, 0.1) is 0 Å². The molecule has 4 N–H and O–H groups in total. The lowest BCUT2D eigenvalue weighted by atomic mass is 9.92. The Hall–Kier alpha value is -2.64. The molecule has 1 aliphatic heterocycles. The predicted molar refractivity (Wildman–Crippen MR) is 120 cm³/mol. The van der Waals surface area contributed by atoms with Crippen LogP contribution in [0.15, 0.2) is 60.7 Å². The molecule has 1 saturated heterocycles. The number of nitrogens with zero attached hydrogens (tertiary/aromatic N) is 1. The van der Waals surface area contributed by atoms with Gasteiger partial charge in [0.25, 0.3) is 0 Å². The van der Waals surface area contributed by atoms with Crippen LogP contribution in [-0.2, 0) is 0 Å². The lowest BCUT2D eigenvalue weighted by Crippen LogP contribution is -2.48. The fourth-order valence-corrected chi connectivity index (χ4v) is 4.10. The van der Waals surface area contributed by atoms with E-state index in [-0.39, 0.29) is 19.0 Å². The summed E-state index contributed by atoms with van der Waals surface area (Å²) in [5.74, 6) is 0.896. The van der Waals surface area contributed by atoms with Crippen LogP contribution in [0.3, 0.4) is 0 Å². The smallest absolute Gasteiger partial charge is 0.120 e. The second kappa shape index (κ2) is 9.24. The maximum atomic E-state index is 10.5. The van der Waals surface area contributed by atoms with Crippen LogP contribution in [0.4, 0.5) is 0 Å². The minimum atomic E-state index is -0.992. The molecule has 3 aromatic rings. The quantitative estimate of drug-likeness (QED) is 0.467. The van der Waals surface area contributed by atoms with Gasteiger partial charge in [-0.2, -0.15) is 0 Å². The van der Waals surface area contributed by atoms with Crippen LogP contribution in [0.1, 0.15) is 12.8 Å². The standard InChI is InChI=1S/C25H29NO5/c27-17-25(30)9-11-26(12-10-25)15-21(29)16-31-22-13-19-3-1-2-4-23(19)24(14-22)18-5-7-20(28)8-6-18/h1-8,13-14,21,27-30H,9-12,15-17H2. The van der Waals surface area contributed by atoms with Gasteiger partial charge in [0.2, 0.25) is 0 Å². The van der Waals surface area contributed by atoms with E-state index in [4.69, 9.17) is 4.74 Å². The van der Waals surface area contributed by atoms with Crippen LogP contribution in [0.5, 0.6) is 11.5 Å². The molecule has 6 heteroatoms. The molecule has 1 heterocycles. The van der Waals surface area contributed by atoms with Crippen LogP contribution < -0.4 is 4.74 Å². The van der Waals surface area contributed by atoms with Gasteiger partial charge in [-0.3, -0.25) is 0 Å². The first kappa shape index (κ1) is 21.6. The third kappa shape index (κ3) is 5.17. The Morgan fingerprint density at radius 2 is 1.71 bits per heavy atom. The second-order valence-corrected chi connectivity index (χ2v) is 8.39. The molecule has 0 spiro atoms. The maximum absolute atomic E-state index is 10.5. The number of ether oxygens (including phenoxy) is 1. The summed E-state index contributed by atoms with van der Waals surface area (Å²) < 4.78 is 5.95. The highest BCUT2D eigenvalue weighted by atomic mass is 16.5. The minimum Gasteiger partial charge on any atom is -0.508 e. The molecule has 0 radical (unpaired) electrons. The molecule has 6 nitrogen and oxygen atoms in total. The number of piperidine rings is 1. The number of fused-ring (bicyclic) bond motifs is 1. The van der Waals surface area contributed by atoms with Crippen molar-refractivity contribution in [1.82, 2.24) is 4.90 Å². The first-order chi connectivity index (χ1) is 15.0. The summed E-state index contributed by atoms with van der Waals surface area (Å²) >= 11 is 0. The molecule has 1 atom stereocenters. The SMILES string of the molecule is OCC1(O)CCN(CC(O)COc2cc(-c3ccc(O)cc3)c3ccccc3c2)CC1. The summed E-state index contributed by atoms with van der Waals surface area (Å²) in [5.41, 5.74) is 0.986. The van der Waals surface area contributed by atoms with E-state index in [1.54, 1.807) is 12.1 Å². The molecule has 0 aliphatic carbocycles. The van der Waals surface area contributed by atoms with Gasteiger partial charge in [0.1, 0.15) is 24.2 Å². The highest BCUT2D eigenvalue weighted by molar-refractivity contribution is 5.97. The molecule has 0 bridgehead atoms. The van der Waals surface area contributed by atoms with Gasteiger partial charge in [0, 0.05) is 19.6 Å². The molecule has 1 unspecified atom stereocenters. The van der Waals surface area contributed by atoms with Crippen LogP contribution in [0.25, 0.3) is 21.9 Å². The number of aromatic hydroxyl groups is 1. The van der Waals surface area contributed by atoms with Gasteiger partial charge in [-0.1, -0.05) is 36.4 Å². The van der Waals surface area contributed by atoms with Crippen LogP contribution >= 0.6 is 0 Å². The van der Waals surface area contributed by atoms with Crippen molar-refractivity contribution in [3.8, 4) is 22.6 Å². The van der Waals surface area contributed by atoms with Gasteiger partial charge < -0.3 is 30.1 Å². The van der Waals surface area contributed by atoms with Gasteiger partial charge in [0.05, 0.1) is 12.2 Å². The average Bonchev–Trinajstić information content (AvgIpc) is 2.79. The fraction of sp³-hybridized carbons (Fsp3) is 0.360. The van der Waals surface area contributed by atoms with E-state index in [1.165, 1.54) is 0 Å². The average molecular weight is 424 g/mol. The van der Waals surface area contributed by atoms with Gasteiger partial charge in [-0.15, -0.1) is 0 Å². The van der Waals surface area contributed by atoms with E-state index < -0.39 is 11.7 Å². The van der Waals surface area contributed by atoms with E-state index >= 15 is 0 Å². The van der Waals surface area contributed by atoms with Crippen molar-refractivity contribution >= 4 is 10.8 Å². The molecule has 1 aliphatic rings. The normalized spacial score (nSPS) is 17.5. The molecule has 3 aromatic carbocycles. The van der Waals surface area contributed by atoms with Crippen molar-refractivity contribution in [2.24, 2.45) is 0 Å². The molecular weight excluding hydrogens is 394 g/mol. The number of benzene rings is 3. The van der Waals surface area contributed by atoms with E-state index in [1.807, 2.05) is 42.5 Å². The Kier molecular flexibility index (Phi) is 6.43. The van der Waals surface area contributed by atoms with E-state index in [0.717, 1.165) is 21.9 Å². The Morgan fingerprint density at radius 1 is 1.00 bits per heavy atom. The number of aliphatic hydroxyl groups excluding tert-OH is 2. The summed E-state index contributed by atoms with van der Waals surface area (Å²) in [6, 6.07) is 19.1. The van der Waals surface area contributed by atoms with Gasteiger partial charge in [-0.05, 0) is 59.0 Å². The third-order valence-electron chi connectivity index (χ3n) is 6.01. The van der Waals surface area contributed by atoms with Crippen molar-refractivity contribution in [3.05, 3.63) is 60.7 Å². The molecule has 0 aromatic heterocycles. The first-order valence-electron chi connectivity index (χ1n) is 10.6. The van der Waals surface area contributed by atoms with Crippen molar-refractivity contribution < 1.29 is 25.2 Å². The molecule has 164 valence electrons. The largest absolute Gasteiger partial charge is 0.508 e. The summed E-state index contributed by atoms with van der Waals surface area (Å²) in [6.45, 7) is 1.66. The Balaban J connectivity index is 1.44. The molecule has 0 saturated carbocycles. The molecule has 4 rings (SSSR count). The third-order valence-corrected chi connectivity index (χ3v) is 6.01. The second-order valence-electron chi connectivity index (χ2n) is 8.39. The van der Waals surface area contributed by atoms with Crippen molar-refractivity contribution in [1.29, 1.82) is 0 Å². The summed E-state index contributed by atoms with van der Waals surface area (Å²) in [4.78, 5) is 2.08. The van der Waals surface area contributed by atoms with Crippen LogP contribution in [0.2, 0.25) is 0 Å². The zero-order valence-electron chi connectivity index (χ0n) is 17.4. The Morgan fingerprint density at radius 3 is 2.42 bits per heavy atom. The predicted octanol–water partition coefficient (Wildman–Crippen LogP) is 2.77. The Labute approximate surface area is 181 Å². The highest BCUT2D eigenvalue weighted by Gasteiger charge is 2.32. The van der Waals surface area contributed by atoms with E-state index in [2.05, 4.69) is 11.0 Å². The number of β-amino-alcohol motifs (C(OH)–C–C–N with tert-alkyl or cyclic N) is 1. The Bertz CT molecular complexity index is 1010. The monoisotopic (exact) mass is 423 g/mol. The lowest BCUT2D eigenvalue weighted by Gasteiger charge is -2.37. The van der Waals surface area contributed by atoms with Crippen molar-refractivity contribution in [2.75, 3.05) is 32.8 Å². The number of rotatable bonds is 7. The fourth-order valence-electron chi connectivity index (χ4n) is 4.10. The van der Waals surface area contributed by atoms with Gasteiger partial charge >= 0.3 is 0 Å². The van der Waals surface area contributed by atoms with E-state index in [9.17, 15) is 20.4 Å². The number of likely N-dealkylation sites (tertiary alicyclic amines) is 1. The van der Waals surface area contributed by atoms with Gasteiger partial charge in [-0.25, -0.2) is 0 Å². The van der Waals surface area contributed by atoms with Crippen LogP contribution in [-0.4, -0.2) is 69.9 Å². The summed E-state index contributed by atoms with van der Waals surface area (Å²) in [5, 5.41) is 41.6. The number of phenolic OH excluding ortho intramolecular Hbond substituents is 1. The lowest BCUT2D eigenvalue weighted by molar-refractivity contribution is -0.0656. The summed E-state index contributed by atoms with van der Waals surface area (Å²) in [7, 11) is 0. The minimum absolute atomic E-state index is 0.161. The zero-order chi connectivity index (χ0) is 21.8. The highest BCUT2D eigenvalue weighted by Crippen LogP contribution is 2.34. The molecule has 31 heavy (non-hydrogen) atoms. The van der Waals surface area contributed by atoms with E-state index in [0.29, 0.717) is 38.2 Å². The van der Waals surface area contributed by atoms with Gasteiger partial charge in [0.15, 0.2) is 0 Å². The molecule has 0 amide bonds. The molecule has 1 fully saturated rings. The molecular formula is C25H29NO5. The number of hydrogen-bond acceptors (Lipinski definition) is 6.